The second kappa shape index (κ2) is 7.68. The third-order valence-electron chi connectivity index (χ3n) is 2.44. The monoisotopic (exact) mass is 304 g/mol. The number of hydrogen-bond acceptors (Lipinski definition) is 6. The van der Waals surface area contributed by atoms with Crippen LogP contribution in [-0.2, 0) is 10.0 Å². The predicted octanol–water partition coefficient (Wildman–Crippen LogP) is 1.18. The van der Waals surface area contributed by atoms with Gasteiger partial charge in [-0.25, -0.2) is 18.1 Å². The van der Waals surface area contributed by atoms with E-state index in [-0.39, 0.29) is 16.8 Å². The first-order valence-corrected chi connectivity index (χ1v) is 8.66. The van der Waals surface area contributed by atoms with E-state index >= 15 is 0 Å². The smallest absolute Gasteiger partial charge is 0.260 e. The molecule has 1 unspecified atom stereocenters. The zero-order valence-corrected chi connectivity index (χ0v) is 12.7. The molecular formula is C11H20N4O2S2. The zero-order chi connectivity index (χ0) is 14.3. The summed E-state index contributed by atoms with van der Waals surface area (Å²) in [5, 5.41) is -0.0764. The van der Waals surface area contributed by atoms with Crippen molar-refractivity contribution in [2.75, 3.05) is 16.9 Å². The molecule has 4 N–H and O–H groups in total. The highest BCUT2D eigenvalue weighted by molar-refractivity contribution is 7.99. The molecule has 0 radical (unpaired) electrons. The largest absolute Gasteiger partial charge is 0.321 e. The molecule has 0 aliphatic rings. The summed E-state index contributed by atoms with van der Waals surface area (Å²) in [5.41, 5.74) is 2.62. The number of anilines is 1. The Labute approximate surface area is 118 Å². The van der Waals surface area contributed by atoms with Gasteiger partial charge in [-0.1, -0.05) is 6.92 Å². The van der Waals surface area contributed by atoms with Crippen LogP contribution < -0.4 is 16.0 Å². The molecule has 0 spiro atoms. The standard InChI is InChI=1S/C11H20N4O2S2/c1-3-18-8-6-9(2)15-19(16,17)11-10(14-12)5-4-7-13-11/h4-5,7,9,14-15H,3,6,8,12H2,1-2H3. The van der Waals surface area contributed by atoms with Gasteiger partial charge in [-0.2, -0.15) is 11.8 Å². The highest BCUT2D eigenvalue weighted by atomic mass is 32.2. The molecule has 0 saturated heterocycles. The number of nitrogens with zero attached hydrogens (tertiary/aromatic N) is 1. The van der Waals surface area contributed by atoms with Gasteiger partial charge in [0.25, 0.3) is 10.0 Å². The van der Waals surface area contributed by atoms with Crippen molar-refractivity contribution in [2.45, 2.75) is 31.3 Å². The number of thioether (sulfide) groups is 1. The summed E-state index contributed by atoms with van der Waals surface area (Å²) in [5.74, 6) is 7.24. The topological polar surface area (TPSA) is 97.1 Å². The van der Waals surface area contributed by atoms with Gasteiger partial charge >= 0.3 is 0 Å². The summed E-state index contributed by atoms with van der Waals surface area (Å²) in [7, 11) is -3.65. The van der Waals surface area contributed by atoms with Crippen LogP contribution in [0.4, 0.5) is 5.69 Å². The van der Waals surface area contributed by atoms with E-state index in [0.29, 0.717) is 0 Å². The third kappa shape index (κ3) is 4.98. The Kier molecular flexibility index (Phi) is 6.56. The summed E-state index contributed by atoms with van der Waals surface area (Å²) >= 11 is 1.78. The van der Waals surface area contributed by atoms with Crippen LogP contribution in [-0.4, -0.2) is 30.9 Å². The zero-order valence-electron chi connectivity index (χ0n) is 11.1. The van der Waals surface area contributed by atoms with Crippen molar-refractivity contribution in [1.82, 2.24) is 9.71 Å². The Balaban J connectivity index is 2.75. The maximum atomic E-state index is 12.2. The first kappa shape index (κ1) is 16.2. The molecule has 0 fully saturated rings. The number of hydrazine groups is 1. The van der Waals surface area contributed by atoms with Crippen LogP contribution in [0, 0.1) is 0 Å². The number of nitrogen functional groups attached to an aromatic ring is 1. The summed E-state index contributed by atoms with van der Waals surface area (Å²) in [6.45, 7) is 3.92. The highest BCUT2D eigenvalue weighted by Gasteiger charge is 2.21. The molecular weight excluding hydrogens is 284 g/mol. The lowest BCUT2D eigenvalue weighted by Gasteiger charge is -2.15. The normalized spacial score (nSPS) is 13.2. The molecule has 0 aromatic carbocycles. The van der Waals surface area contributed by atoms with Crippen LogP contribution in [0.2, 0.25) is 0 Å². The minimum absolute atomic E-state index is 0.0764. The molecule has 1 atom stereocenters. The van der Waals surface area contributed by atoms with E-state index in [1.807, 2.05) is 6.92 Å². The molecule has 0 aliphatic heterocycles. The van der Waals surface area contributed by atoms with Gasteiger partial charge in [0.05, 0.1) is 5.69 Å². The second-order valence-electron chi connectivity index (χ2n) is 4.01. The maximum absolute atomic E-state index is 12.2. The molecule has 108 valence electrons. The van der Waals surface area contributed by atoms with Crippen molar-refractivity contribution in [2.24, 2.45) is 5.84 Å². The first-order valence-electron chi connectivity index (χ1n) is 6.03. The Morgan fingerprint density at radius 1 is 1.53 bits per heavy atom. The predicted molar refractivity (Wildman–Crippen MR) is 79.4 cm³/mol. The summed E-state index contributed by atoms with van der Waals surface area (Å²) in [6, 6.07) is 3.05. The lowest BCUT2D eigenvalue weighted by atomic mass is 10.3. The van der Waals surface area contributed by atoms with E-state index in [4.69, 9.17) is 5.84 Å². The average Bonchev–Trinajstić information content (AvgIpc) is 2.38. The number of sulfonamides is 1. The van der Waals surface area contributed by atoms with Gasteiger partial charge in [0, 0.05) is 12.2 Å². The van der Waals surface area contributed by atoms with Crippen molar-refractivity contribution in [1.29, 1.82) is 0 Å². The molecule has 0 bridgehead atoms. The van der Waals surface area contributed by atoms with Gasteiger partial charge in [0.2, 0.25) is 0 Å². The molecule has 1 rings (SSSR count). The molecule has 0 saturated carbocycles. The van der Waals surface area contributed by atoms with Gasteiger partial charge in [-0.05, 0) is 37.0 Å². The fourth-order valence-electron chi connectivity index (χ4n) is 1.50. The minimum Gasteiger partial charge on any atom is -0.321 e. The van der Waals surface area contributed by atoms with E-state index in [1.165, 1.54) is 6.20 Å². The van der Waals surface area contributed by atoms with Crippen molar-refractivity contribution in [3.05, 3.63) is 18.3 Å². The van der Waals surface area contributed by atoms with E-state index < -0.39 is 10.0 Å². The van der Waals surface area contributed by atoms with Crippen LogP contribution in [0.1, 0.15) is 20.3 Å². The van der Waals surface area contributed by atoms with Gasteiger partial charge in [0.1, 0.15) is 0 Å². The van der Waals surface area contributed by atoms with Crippen molar-refractivity contribution < 1.29 is 8.42 Å². The quantitative estimate of drug-likeness (QED) is 0.379. The van der Waals surface area contributed by atoms with E-state index in [0.717, 1.165) is 17.9 Å². The summed E-state index contributed by atoms with van der Waals surface area (Å²) in [6.07, 6.45) is 2.20. The van der Waals surface area contributed by atoms with E-state index in [2.05, 4.69) is 22.1 Å². The molecule has 1 aromatic heterocycles. The van der Waals surface area contributed by atoms with Crippen LogP contribution in [0.5, 0.6) is 0 Å². The summed E-state index contributed by atoms with van der Waals surface area (Å²) < 4.78 is 27.0. The number of nitrogens with two attached hydrogens (primary N) is 1. The van der Waals surface area contributed by atoms with E-state index in [1.54, 1.807) is 23.9 Å². The summed E-state index contributed by atoms with van der Waals surface area (Å²) in [4.78, 5) is 3.87. The second-order valence-corrected chi connectivity index (χ2v) is 7.03. The van der Waals surface area contributed by atoms with Gasteiger partial charge < -0.3 is 5.43 Å². The number of rotatable bonds is 8. The molecule has 8 heteroatoms. The average molecular weight is 304 g/mol. The number of aromatic nitrogens is 1. The first-order chi connectivity index (χ1) is 9.01. The third-order valence-corrected chi connectivity index (χ3v) is 4.92. The Morgan fingerprint density at radius 3 is 2.89 bits per heavy atom. The Bertz CT molecular complexity index is 493. The van der Waals surface area contributed by atoms with Gasteiger partial charge in [-0.3, -0.25) is 5.84 Å². The molecule has 1 heterocycles. The van der Waals surface area contributed by atoms with Gasteiger partial charge in [-0.15, -0.1) is 0 Å². The van der Waals surface area contributed by atoms with Crippen LogP contribution in [0.25, 0.3) is 0 Å². The number of pyridine rings is 1. The van der Waals surface area contributed by atoms with Gasteiger partial charge in [0.15, 0.2) is 5.03 Å². The molecule has 1 aromatic rings. The molecule has 0 amide bonds. The van der Waals surface area contributed by atoms with E-state index in [9.17, 15) is 8.42 Å². The lowest BCUT2D eigenvalue weighted by Crippen LogP contribution is -2.34. The number of nitrogens with one attached hydrogen (secondary N) is 2. The van der Waals surface area contributed by atoms with Crippen molar-refractivity contribution in [3.8, 4) is 0 Å². The Morgan fingerprint density at radius 2 is 2.26 bits per heavy atom. The molecule has 19 heavy (non-hydrogen) atoms. The maximum Gasteiger partial charge on any atom is 0.260 e. The lowest BCUT2D eigenvalue weighted by molar-refractivity contribution is 0.554. The molecule has 6 nitrogen and oxygen atoms in total. The van der Waals surface area contributed by atoms with Crippen molar-refractivity contribution >= 4 is 27.5 Å². The van der Waals surface area contributed by atoms with Crippen LogP contribution >= 0.6 is 11.8 Å². The number of hydrogen-bond donors (Lipinski definition) is 3. The Hall–Kier alpha value is -0.830. The fraction of sp³-hybridized carbons (Fsp3) is 0.545. The van der Waals surface area contributed by atoms with Crippen LogP contribution in [0.3, 0.4) is 0 Å². The van der Waals surface area contributed by atoms with Crippen molar-refractivity contribution in [3.63, 3.8) is 0 Å². The fourth-order valence-corrected chi connectivity index (χ4v) is 3.68. The molecule has 0 aliphatic carbocycles. The SMILES string of the molecule is CCSCCC(C)NS(=O)(=O)c1ncccc1NN. The van der Waals surface area contributed by atoms with Crippen LogP contribution in [0.15, 0.2) is 23.4 Å². The highest BCUT2D eigenvalue weighted by Crippen LogP contribution is 2.17. The minimum atomic E-state index is -3.65.